The molecule has 0 unspecified atom stereocenters. The average molecular weight is 308 g/mol. The third kappa shape index (κ3) is 2.80. The minimum Gasteiger partial charge on any atom is -0.496 e. The van der Waals surface area contributed by atoms with Crippen LogP contribution in [0.25, 0.3) is 10.9 Å². The van der Waals surface area contributed by atoms with Crippen LogP contribution >= 0.6 is 0 Å². The zero-order valence-electron chi connectivity index (χ0n) is 13.6. The van der Waals surface area contributed by atoms with E-state index in [0.29, 0.717) is 12.2 Å². The lowest BCUT2D eigenvalue weighted by atomic mass is 10.2. The van der Waals surface area contributed by atoms with E-state index in [-0.39, 0.29) is 0 Å². The van der Waals surface area contributed by atoms with Crippen molar-refractivity contribution in [1.29, 1.82) is 0 Å². The van der Waals surface area contributed by atoms with E-state index in [4.69, 9.17) is 4.74 Å². The molecule has 0 bridgehead atoms. The molecule has 1 heterocycles. The van der Waals surface area contributed by atoms with Crippen LogP contribution in [0.3, 0.4) is 0 Å². The number of hydrogen-bond donors (Lipinski definition) is 0. The Labute approximate surface area is 135 Å². The number of anilines is 1. The Kier molecular flexibility index (Phi) is 4.06. The highest BCUT2D eigenvalue weighted by Crippen LogP contribution is 2.30. The first kappa shape index (κ1) is 15.2. The first-order chi connectivity index (χ1) is 11.1. The maximum Gasteiger partial charge on any atom is 0.152 e. The lowest BCUT2D eigenvalue weighted by molar-refractivity contribution is 0.112. The lowest BCUT2D eigenvalue weighted by Crippen LogP contribution is -2.20. The Bertz CT molecular complexity index is 834. The van der Waals surface area contributed by atoms with Crippen LogP contribution in [0.1, 0.15) is 15.9 Å². The largest absolute Gasteiger partial charge is 0.496 e. The Morgan fingerprint density at radius 1 is 1.17 bits per heavy atom. The summed E-state index contributed by atoms with van der Waals surface area (Å²) in [4.78, 5) is 13.6. The SMILES string of the molecule is COc1cccc2c1c(C=O)cn2CN(C)c1ccc(C)cc1. The predicted octanol–water partition coefficient (Wildman–Crippen LogP) is 3.86. The minimum atomic E-state index is 0.648. The van der Waals surface area contributed by atoms with Crippen molar-refractivity contribution >= 4 is 22.9 Å². The summed E-state index contributed by atoms with van der Waals surface area (Å²) < 4.78 is 7.47. The number of carbonyl (C=O) groups is 1. The normalized spacial score (nSPS) is 10.7. The molecule has 4 nitrogen and oxygen atoms in total. The molecule has 0 saturated heterocycles. The van der Waals surface area contributed by atoms with Gasteiger partial charge in [-0.1, -0.05) is 23.8 Å². The zero-order valence-corrected chi connectivity index (χ0v) is 13.6. The van der Waals surface area contributed by atoms with Crippen molar-refractivity contribution in [2.75, 3.05) is 19.1 Å². The van der Waals surface area contributed by atoms with Gasteiger partial charge < -0.3 is 14.2 Å². The van der Waals surface area contributed by atoms with Crippen molar-refractivity contribution in [2.24, 2.45) is 0 Å². The molecule has 0 radical (unpaired) electrons. The molecule has 3 aromatic rings. The lowest BCUT2D eigenvalue weighted by Gasteiger charge is -2.21. The quantitative estimate of drug-likeness (QED) is 0.671. The number of aryl methyl sites for hydroxylation is 1. The first-order valence-electron chi connectivity index (χ1n) is 7.53. The van der Waals surface area contributed by atoms with Crippen molar-refractivity contribution in [3.63, 3.8) is 0 Å². The van der Waals surface area contributed by atoms with Gasteiger partial charge in [-0.25, -0.2) is 0 Å². The molecule has 0 aliphatic rings. The summed E-state index contributed by atoms with van der Waals surface area (Å²) in [5.74, 6) is 0.723. The van der Waals surface area contributed by atoms with E-state index in [1.165, 1.54) is 5.56 Å². The summed E-state index contributed by atoms with van der Waals surface area (Å²) in [6, 6.07) is 14.2. The number of rotatable bonds is 5. The van der Waals surface area contributed by atoms with Crippen molar-refractivity contribution in [2.45, 2.75) is 13.6 Å². The molecule has 118 valence electrons. The van der Waals surface area contributed by atoms with E-state index in [9.17, 15) is 4.79 Å². The van der Waals surface area contributed by atoms with Crippen LogP contribution in [0.2, 0.25) is 0 Å². The summed E-state index contributed by atoms with van der Waals surface area (Å²) in [5, 5.41) is 0.863. The molecule has 23 heavy (non-hydrogen) atoms. The summed E-state index contributed by atoms with van der Waals surface area (Å²) in [5.41, 5.74) is 4.01. The molecule has 3 rings (SSSR count). The van der Waals surface area contributed by atoms with Gasteiger partial charge in [-0.05, 0) is 31.2 Å². The number of benzene rings is 2. The smallest absolute Gasteiger partial charge is 0.152 e. The predicted molar refractivity (Wildman–Crippen MR) is 93.5 cm³/mol. The van der Waals surface area contributed by atoms with Crippen molar-refractivity contribution in [3.8, 4) is 5.75 Å². The van der Waals surface area contributed by atoms with Gasteiger partial charge in [-0.2, -0.15) is 0 Å². The summed E-state index contributed by atoms with van der Waals surface area (Å²) >= 11 is 0. The fourth-order valence-electron chi connectivity index (χ4n) is 2.84. The summed E-state index contributed by atoms with van der Waals surface area (Å²) in [6.07, 6.45) is 2.76. The van der Waals surface area contributed by atoms with E-state index < -0.39 is 0 Å². The highest BCUT2D eigenvalue weighted by atomic mass is 16.5. The summed E-state index contributed by atoms with van der Waals surface area (Å²) in [6.45, 7) is 2.73. The minimum absolute atomic E-state index is 0.648. The van der Waals surface area contributed by atoms with Gasteiger partial charge in [0.2, 0.25) is 0 Å². The molecule has 0 aliphatic carbocycles. The fourth-order valence-corrected chi connectivity index (χ4v) is 2.84. The number of hydrogen-bond acceptors (Lipinski definition) is 3. The molecular weight excluding hydrogens is 288 g/mol. The molecule has 0 atom stereocenters. The van der Waals surface area contributed by atoms with Gasteiger partial charge >= 0.3 is 0 Å². The van der Waals surface area contributed by atoms with Gasteiger partial charge in [0, 0.05) is 24.5 Å². The number of nitrogens with zero attached hydrogens (tertiary/aromatic N) is 2. The van der Waals surface area contributed by atoms with E-state index in [2.05, 4.69) is 40.7 Å². The molecule has 0 spiro atoms. The second-order valence-electron chi connectivity index (χ2n) is 5.70. The Morgan fingerprint density at radius 3 is 2.57 bits per heavy atom. The van der Waals surface area contributed by atoms with Crippen LogP contribution in [0.5, 0.6) is 5.75 Å². The summed E-state index contributed by atoms with van der Waals surface area (Å²) in [7, 11) is 3.66. The van der Waals surface area contributed by atoms with Gasteiger partial charge in [0.1, 0.15) is 5.75 Å². The Morgan fingerprint density at radius 2 is 1.91 bits per heavy atom. The number of aromatic nitrogens is 1. The molecule has 0 amide bonds. The Balaban J connectivity index is 2.00. The van der Waals surface area contributed by atoms with Gasteiger partial charge in [0.15, 0.2) is 6.29 Å². The van der Waals surface area contributed by atoms with Crippen molar-refractivity contribution < 1.29 is 9.53 Å². The van der Waals surface area contributed by atoms with Crippen molar-refractivity contribution in [1.82, 2.24) is 4.57 Å². The van der Waals surface area contributed by atoms with Gasteiger partial charge in [0.05, 0.1) is 24.7 Å². The molecule has 0 N–H and O–H groups in total. The van der Waals surface area contributed by atoms with Crippen molar-refractivity contribution in [3.05, 3.63) is 59.8 Å². The maximum absolute atomic E-state index is 11.4. The monoisotopic (exact) mass is 308 g/mol. The van der Waals surface area contributed by atoms with E-state index in [0.717, 1.165) is 28.6 Å². The van der Waals surface area contributed by atoms with Gasteiger partial charge in [0.25, 0.3) is 0 Å². The second-order valence-corrected chi connectivity index (χ2v) is 5.70. The van der Waals surface area contributed by atoms with Gasteiger partial charge in [-0.3, -0.25) is 4.79 Å². The molecule has 4 heteroatoms. The number of ether oxygens (including phenoxy) is 1. The van der Waals surface area contributed by atoms with Crippen LogP contribution in [0.4, 0.5) is 5.69 Å². The first-order valence-corrected chi connectivity index (χ1v) is 7.53. The molecular formula is C19H20N2O2. The van der Waals surface area contributed by atoms with Crippen LogP contribution in [-0.2, 0) is 6.67 Å². The second kappa shape index (κ2) is 6.16. The fraction of sp³-hybridized carbons (Fsp3) is 0.211. The third-order valence-electron chi connectivity index (χ3n) is 4.08. The topological polar surface area (TPSA) is 34.5 Å². The number of aldehydes is 1. The van der Waals surface area contributed by atoms with E-state index in [1.807, 2.05) is 31.4 Å². The highest BCUT2D eigenvalue weighted by Gasteiger charge is 2.13. The highest BCUT2D eigenvalue weighted by molar-refractivity contribution is 6.01. The zero-order chi connectivity index (χ0) is 16.4. The van der Waals surface area contributed by atoms with Crippen LogP contribution in [0.15, 0.2) is 48.7 Å². The molecule has 0 fully saturated rings. The number of fused-ring (bicyclic) bond motifs is 1. The Hall–Kier alpha value is -2.75. The molecule has 2 aromatic carbocycles. The average Bonchev–Trinajstić information content (AvgIpc) is 2.93. The third-order valence-corrected chi connectivity index (χ3v) is 4.08. The standard InChI is InChI=1S/C19H20N2O2/c1-14-7-9-16(10-8-14)20(2)13-21-11-15(12-22)19-17(21)5-4-6-18(19)23-3/h4-12H,13H2,1-3H3. The molecule has 0 aliphatic heterocycles. The van der Waals surface area contributed by atoms with Crippen LogP contribution in [-0.4, -0.2) is 25.0 Å². The van der Waals surface area contributed by atoms with Gasteiger partial charge in [-0.15, -0.1) is 0 Å². The van der Waals surface area contributed by atoms with E-state index in [1.54, 1.807) is 7.11 Å². The van der Waals surface area contributed by atoms with Crippen LogP contribution in [0, 0.1) is 6.92 Å². The number of carbonyl (C=O) groups excluding carboxylic acids is 1. The molecule has 0 saturated carbocycles. The number of methoxy groups -OCH3 is 1. The maximum atomic E-state index is 11.4. The molecule has 1 aromatic heterocycles. The van der Waals surface area contributed by atoms with Crippen LogP contribution < -0.4 is 9.64 Å². The van der Waals surface area contributed by atoms with E-state index >= 15 is 0 Å².